The molecular weight excluding hydrogens is 390 g/mol. The van der Waals surface area contributed by atoms with Gasteiger partial charge in [-0.15, -0.1) is 0 Å². The molecular formula is C26H33NO4. The number of benzene rings is 2. The van der Waals surface area contributed by atoms with E-state index in [1.165, 1.54) is 5.56 Å². The van der Waals surface area contributed by atoms with Crippen molar-refractivity contribution in [2.45, 2.75) is 59.4 Å². The van der Waals surface area contributed by atoms with Crippen LogP contribution in [0, 0.1) is 6.92 Å². The second kappa shape index (κ2) is 11.7. The SMILES string of the molecule is CCOC(CC)C(Cc1ccc(OCc2nc(-c3ccccc3)oc2C)cc1)OCC. The molecule has 0 aliphatic rings. The summed E-state index contributed by atoms with van der Waals surface area (Å²) in [6.45, 7) is 9.84. The molecule has 2 atom stereocenters. The number of hydrogen-bond donors (Lipinski definition) is 0. The van der Waals surface area contributed by atoms with Gasteiger partial charge >= 0.3 is 0 Å². The molecule has 0 amide bonds. The summed E-state index contributed by atoms with van der Waals surface area (Å²) in [6.07, 6.45) is 1.91. The first kappa shape index (κ1) is 23.0. The van der Waals surface area contributed by atoms with Gasteiger partial charge in [0.1, 0.15) is 23.8 Å². The third-order valence-electron chi connectivity index (χ3n) is 5.23. The maximum atomic E-state index is 5.96. The zero-order valence-corrected chi connectivity index (χ0v) is 19.0. The van der Waals surface area contributed by atoms with Gasteiger partial charge in [0.05, 0.1) is 12.2 Å². The lowest BCUT2D eigenvalue weighted by Crippen LogP contribution is -2.33. The van der Waals surface area contributed by atoms with Gasteiger partial charge in [0.25, 0.3) is 0 Å². The van der Waals surface area contributed by atoms with E-state index in [1.54, 1.807) is 0 Å². The maximum Gasteiger partial charge on any atom is 0.226 e. The highest BCUT2D eigenvalue weighted by Gasteiger charge is 2.21. The van der Waals surface area contributed by atoms with Crippen LogP contribution in [0.25, 0.3) is 11.5 Å². The summed E-state index contributed by atoms with van der Waals surface area (Å²) >= 11 is 0. The van der Waals surface area contributed by atoms with E-state index in [0.717, 1.165) is 35.6 Å². The third kappa shape index (κ3) is 6.42. The minimum absolute atomic E-state index is 0.0518. The van der Waals surface area contributed by atoms with Gasteiger partial charge in [-0.1, -0.05) is 37.3 Å². The lowest BCUT2D eigenvalue weighted by Gasteiger charge is -2.26. The predicted octanol–water partition coefficient (Wildman–Crippen LogP) is 5.99. The topological polar surface area (TPSA) is 53.7 Å². The normalized spacial score (nSPS) is 13.2. The lowest BCUT2D eigenvalue weighted by molar-refractivity contribution is -0.0675. The molecule has 0 saturated carbocycles. The van der Waals surface area contributed by atoms with Crippen molar-refractivity contribution in [3.63, 3.8) is 0 Å². The van der Waals surface area contributed by atoms with Gasteiger partial charge in [-0.3, -0.25) is 0 Å². The molecule has 2 unspecified atom stereocenters. The van der Waals surface area contributed by atoms with E-state index in [4.69, 9.17) is 18.6 Å². The number of aryl methyl sites for hydroxylation is 1. The van der Waals surface area contributed by atoms with Crippen LogP contribution in [-0.2, 0) is 22.5 Å². The molecule has 5 nitrogen and oxygen atoms in total. The summed E-state index contributed by atoms with van der Waals surface area (Å²) in [5.41, 5.74) is 2.97. The first-order valence-corrected chi connectivity index (χ1v) is 11.1. The van der Waals surface area contributed by atoms with Gasteiger partial charge in [-0.05, 0) is 57.0 Å². The Bertz CT molecular complexity index is 905. The fourth-order valence-corrected chi connectivity index (χ4v) is 3.59. The highest BCUT2D eigenvalue weighted by Crippen LogP contribution is 2.23. The van der Waals surface area contributed by atoms with Gasteiger partial charge in [-0.25, -0.2) is 4.98 Å². The minimum Gasteiger partial charge on any atom is -0.487 e. The average Bonchev–Trinajstić information content (AvgIpc) is 3.18. The smallest absolute Gasteiger partial charge is 0.226 e. The minimum atomic E-state index is 0.0518. The van der Waals surface area contributed by atoms with E-state index in [9.17, 15) is 0 Å². The largest absolute Gasteiger partial charge is 0.487 e. The van der Waals surface area contributed by atoms with Gasteiger partial charge in [0.15, 0.2) is 0 Å². The van der Waals surface area contributed by atoms with Gasteiger partial charge < -0.3 is 18.6 Å². The molecule has 3 rings (SSSR count). The van der Waals surface area contributed by atoms with E-state index >= 15 is 0 Å². The van der Waals surface area contributed by atoms with Crippen LogP contribution in [0.3, 0.4) is 0 Å². The molecule has 0 saturated heterocycles. The van der Waals surface area contributed by atoms with Crippen molar-refractivity contribution < 1.29 is 18.6 Å². The molecule has 2 aromatic carbocycles. The first-order chi connectivity index (χ1) is 15.1. The molecule has 31 heavy (non-hydrogen) atoms. The van der Waals surface area contributed by atoms with Crippen LogP contribution in [0.1, 0.15) is 44.2 Å². The molecule has 1 heterocycles. The zero-order valence-electron chi connectivity index (χ0n) is 19.0. The Morgan fingerprint density at radius 1 is 0.871 bits per heavy atom. The molecule has 0 fully saturated rings. The third-order valence-corrected chi connectivity index (χ3v) is 5.23. The number of hydrogen-bond acceptors (Lipinski definition) is 5. The monoisotopic (exact) mass is 423 g/mol. The highest BCUT2D eigenvalue weighted by molar-refractivity contribution is 5.53. The van der Waals surface area contributed by atoms with Crippen molar-refractivity contribution in [1.82, 2.24) is 4.98 Å². The van der Waals surface area contributed by atoms with Crippen molar-refractivity contribution in [3.05, 3.63) is 71.6 Å². The highest BCUT2D eigenvalue weighted by atomic mass is 16.5. The van der Waals surface area contributed by atoms with Gasteiger partial charge in [0, 0.05) is 25.2 Å². The summed E-state index contributed by atoms with van der Waals surface area (Å²) in [4.78, 5) is 4.60. The van der Waals surface area contributed by atoms with Gasteiger partial charge in [-0.2, -0.15) is 0 Å². The molecule has 0 aliphatic heterocycles. The number of ether oxygens (including phenoxy) is 3. The Balaban J connectivity index is 1.60. The van der Waals surface area contributed by atoms with E-state index in [2.05, 4.69) is 24.0 Å². The summed E-state index contributed by atoms with van der Waals surface area (Å²) in [5, 5.41) is 0. The Kier molecular flexibility index (Phi) is 8.68. The van der Waals surface area contributed by atoms with E-state index < -0.39 is 0 Å². The zero-order chi connectivity index (χ0) is 22.1. The van der Waals surface area contributed by atoms with Crippen LogP contribution in [0.2, 0.25) is 0 Å². The number of oxazole rings is 1. The second-order valence-corrected chi connectivity index (χ2v) is 7.42. The van der Waals surface area contributed by atoms with Crippen LogP contribution in [0.5, 0.6) is 5.75 Å². The van der Waals surface area contributed by atoms with Crippen molar-refractivity contribution in [1.29, 1.82) is 0 Å². The average molecular weight is 424 g/mol. The predicted molar refractivity (Wildman–Crippen MR) is 122 cm³/mol. The standard InChI is InChI=1S/C26H33NO4/c1-5-24(28-6-2)25(29-7-3)17-20-13-15-22(16-14-20)30-18-23-19(4)31-26(27-23)21-11-9-8-10-12-21/h8-16,24-25H,5-7,17-18H2,1-4H3. The van der Waals surface area contributed by atoms with Crippen LogP contribution in [0.15, 0.2) is 59.0 Å². The summed E-state index contributed by atoms with van der Waals surface area (Å²) < 4.78 is 23.6. The number of rotatable bonds is 12. The van der Waals surface area contributed by atoms with Crippen molar-refractivity contribution in [2.24, 2.45) is 0 Å². The van der Waals surface area contributed by atoms with Crippen LogP contribution < -0.4 is 4.74 Å². The number of nitrogens with zero attached hydrogens (tertiary/aromatic N) is 1. The molecule has 1 aromatic heterocycles. The second-order valence-electron chi connectivity index (χ2n) is 7.42. The molecule has 0 N–H and O–H groups in total. The molecule has 3 aromatic rings. The Hall–Kier alpha value is -2.63. The summed E-state index contributed by atoms with van der Waals surface area (Å²) in [6, 6.07) is 18.1. The molecule has 0 spiro atoms. The van der Waals surface area contributed by atoms with E-state index in [-0.39, 0.29) is 12.2 Å². The van der Waals surface area contributed by atoms with E-state index in [1.807, 2.05) is 63.2 Å². The van der Waals surface area contributed by atoms with Crippen molar-refractivity contribution in [3.8, 4) is 17.2 Å². The van der Waals surface area contributed by atoms with Gasteiger partial charge in [0.2, 0.25) is 5.89 Å². The van der Waals surface area contributed by atoms with Crippen LogP contribution in [-0.4, -0.2) is 30.4 Å². The van der Waals surface area contributed by atoms with Crippen molar-refractivity contribution >= 4 is 0 Å². The molecule has 0 bridgehead atoms. The first-order valence-electron chi connectivity index (χ1n) is 11.1. The van der Waals surface area contributed by atoms with Crippen molar-refractivity contribution in [2.75, 3.05) is 13.2 Å². The fourth-order valence-electron chi connectivity index (χ4n) is 3.59. The molecule has 0 aliphatic carbocycles. The Morgan fingerprint density at radius 3 is 2.19 bits per heavy atom. The lowest BCUT2D eigenvalue weighted by atomic mass is 10.0. The van der Waals surface area contributed by atoms with Crippen LogP contribution in [0.4, 0.5) is 0 Å². The van der Waals surface area contributed by atoms with E-state index in [0.29, 0.717) is 25.7 Å². The molecule has 5 heteroatoms. The number of aromatic nitrogens is 1. The Labute approximate surface area is 185 Å². The maximum absolute atomic E-state index is 5.96. The molecule has 0 radical (unpaired) electrons. The Morgan fingerprint density at radius 2 is 1.55 bits per heavy atom. The molecule has 166 valence electrons. The van der Waals surface area contributed by atoms with Crippen LogP contribution >= 0.6 is 0 Å². The summed E-state index contributed by atoms with van der Waals surface area (Å²) in [5.74, 6) is 2.20. The fraction of sp³-hybridized carbons (Fsp3) is 0.423. The summed E-state index contributed by atoms with van der Waals surface area (Å²) in [7, 11) is 0. The quantitative estimate of drug-likeness (QED) is 0.358.